The van der Waals surface area contributed by atoms with Crippen molar-refractivity contribution < 1.29 is 19.0 Å². The van der Waals surface area contributed by atoms with Gasteiger partial charge in [-0.25, -0.2) is 0 Å². The third kappa shape index (κ3) is 5.73. The average Bonchev–Trinajstić information content (AvgIpc) is 3.01. The number of cyclic esters (lactones) is 1. The molecule has 1 aliphatic heterocycles. The maximum Gasteiger partial charge on any atom is 0.325 e. The fourth-order valence-corrected chi connectivity index (χ4v) is 3.49. The van der Waals surface area contributed by atoms with Gasteiger partial charge >= 0.3 is 5.97 Å². The van der Waals surface area contributed by atoms with Crippen molar-refractivity contribution in [3.05, 3.63) is 0 Å². The van der Waals surface area contributed by atoms with Crippen molar-refractivity contribution in [3.63, 3.8) is 0 Å². The number of ether oxygens (including phenoxy) is 3. The van der Waals surface area contributed by atoms with Gasteiger partial charge in [-0.15, -0.1) is 0 Å². The van der Waals surface area contributed by atoms with Crippen LogP contribution in [-0.2, 0) is 19.0 Å². The first-order valence-corrected chi connectivity index (χ1v) is 9.16. The minimum Gasteiger partial charge on any atom is -0.459 e. The van der Waals surface area contributed by atoms with Crippen LogP contribution in [0.5, 0.6) is 0 Å². The van der Waals surface area contributed by atoms with Gasteiger partial charge in [-0.3, -0.25) is 4.79 Å². The number of esters is 1. The fourth-order valence-electron chi connectivity index (χ4n) is 3.49. The Bertz CT molecular complexity index is 368. The maximum atomic E-state index is 12.0. The van der Waals surface area contributed by atoms with Crippen LogP contribution in [0.4, 0.5) is 0 Å². The average molecular weight is 327 g/mol. The Kier molecular flexibility index (Phi) is 7.31. The van der Waals surface area contributed by atoms with Gasteiger partial charge in [-0.2, -0.15) is 0 Å². The molecule has 5 heteroatoms. The third-order valence-corrected chi connectivity index (χ3v) is 4.93. The van der Waals surface area contributed by atoms with Crippen LogP contribution in [0.15, 0.2) is 0 Å². The summed E-state index contributed by atoms with van der Waals surface area (Å²) >= 11 is 0. The normalized spacial score (nSPS) is 34.0. The van der Waals surface area contributed by atoms with Crippen molar-refractivity contribution in [1.82, 2.24) is 0 Å². The molecule has 134 valence electrons. The summed E-state index contributed by atoms with van der Waals surface area (Å²) in [4.78, 5) is 12.0. The number of nitrogens with two attached hydrogens (primary N) is 1. The Hall–Kier alpha value is -0.650. The lowest BCUT2D eigenvalue weighted by molar-refractivity contribution is -0.164. The first-order chi connectivity index (χ1) is 11.0. The van der Waals surface area contributed by atoms with Crippen LogP contribution in [0.25, 0.3) is 0 Å². The lowest BCUT2D eigenvalue weighted by atomic mass is 9.91. The van der Waals surface area contributed by atoms with E-state index in [0.717, 1.165) is 25.7 Å². The molecule has 0 amide bonds. The lowest BCUT2D eigenvalue weighted by Gasteiger charge is -2.33. The van der Waals surface area contributed by atoms with Gasteiger partial charge in [0.25, 0.3) is 0 Å². The van der Waals surface area contributed by atoms with E-state index >= 15 is 0 Å². The standard InChI is InChI=1S/C18H33NO4/c1-12(2)8-9-14-10-21-11-16(19)18(20)22-13(3)17(14)23-15-6-4-5-7-15/h12-17H,4-11,19H2,1-3H3/t13-,14-,16-,17-/m0/s1. The minimum atomic E-state index is -0.701. The predicted molar refractivity (Wildman–Crippen MR) is 89.0 cm³/mol. The summed E-state index contributed by atoms with van der Waals surface area (Å²) in [5.74, 6) is 0.489. The molecule has 0 radical (unpaired) electrons. The predicted octanol–water partition coefficient (Wildman–Crippen LogP) is 2.66. The minimum absolute atomic E-state index is 0.105. The SMILES string of the molecule is CC(C)CC[C@H]1COC[C@H](N)C(=O)O[C@@H](C)[C@@H]1OC1CCCC1. The van der Waals surface area contributed by atoms with Gasteiger partial charge in [0.15, 0.2) is 0 Å². The summed E-state index contributed by atoms with van der Waals surface area (Å²) in [5, 5.41) is 0. The summed E-state index contributed by atoms with van der Waals surface area (Å²) < 4.78 is 17.7. The molecule has 2 N–H and O–H groups in total. The molecule has 0 spiro atoms. The number of carbonyl (C=O) groups excluding carboxylic acids is 1. The Labute approximate surface area is 140 Å². The number of hydrogen-bond acceptors (Lipinski definition) is 5. The first kappa shape index (κ1) is 18.7. The van der Waals surface area contributed by atoms with Crippen molar-refractivity contribution >= 4 is 5.97 Å². The number of rotatable bonds is 5. The van der Waals surface area contributed by atoms with Gasteiger partial charge in [-0.05, 0) is 32.1 Å². The fraction of sp³-hybridized carbons (Fsp3) is 0.944. The number of carbonyl (C=O) groups is 1. The van der Waals surface area contributed by atoms with Crippen LogP contribution in [-0.4, -0.2) is 43.5 Å². The molecule has 1 saturated heterocycles. The van der Waals surface area contributed by atoms with Crippen LogP contribution < -0.4 is 5.73 Å². The van der Waals surface area contributed by atoms with Crippen molar-refractivity contribution in [2.45, 2.75) is 83.6 Å². The smallest absolute Gasteiger partial charge is 0.325 e. The summed E-state index contributed by atoms with van der Waals surface area (Å²) in [6.07, 6.45) is 6.70. The molecular formula is C18H33NO4. The van der Waals surface area contributed by atoms with Crippen LogP contribution in [0.2, 0.25) is 0 Å². The summed E-state index contributed by atoms with van der Waals surface area (Å²) in [6, 6.07) is -0.701. The van der Waals surface area contributed by atoms with E-state index in [-0.39, 0.29) is 36.8 Å². The Morgan fingerprint density at radius 1 is 1.26 bits per heavy atom. The Morgan fingerprint density at radius 3 is 2.61 bits per heavy atom. The topological polar surface area (TPSA) is 70.8 Å². The molecule has 2 aliphatic rings. The Morgan fingerprint density at radius 2 is 1.96 bits per heavy atom. The second kappa shape index (κ2) is 9.00. The molecule has 0 aromatic rings. The highest BCUT2D eigenvalue weighted by Gasteiger charge is 2.35. The van der Waals surface area contributed by atoms with Gasteiger partial charge in [0.2, 0.25) is 0 Å². The molecule has 1 heterocycles. The zero-order valence-electron chi connectivity index (χ0n) is 14.8. The number of hydrogen-bond donors (Lipinski definition) is 1. The van der Waals surface area contributed by atoms with Crippen molar-refractivity contribution in [3.8, 4) is 0 Å². The second-order valence-corrected chi connectivity index (χ2v) is 7.52. The molecule has 0 unspecified atom stereocenters. The zero-order chi connectivity index (χ0) is 16.8. The summed E-state index contributed by atoms with van der Waals surface area (Å²) in [7, 11) is 0. The lowest BCUT2D eigenvalue weighted by Crippen LogP contribution is -2.42. The highest BCUT2D eigenvalue weighted by molar-refractivity contribution is 5.75. The van der Waals surface area contributed by atoms with E-state index in [9.17, 15) is 4.79 Å². The molecule has 4 atom stereocenters. The monoisotopic (exact) mass is 327 g/mol. The van der Waals surface area contributed by atoms with Gasteiger partial charge in [-0.1, -0.05) is 33.1 Å². The molecule has 5 nitrogen and oxygen atoms in total. The third-order valence-electron chi connectivity index (χ3n) is 4.93. The van der Waals surface area contributed by atoms with Gasteiger partial charge in [0.05, 0.1) is 25.4 Å². The molecule has 1 aliphatic carbocycles. The van der Waals surface area contributed by atoms with Crippen LogP contribution in [0, 0.1) is 11.8 Å². The highest BCUT2D eigenvalue weighted by Crippen LogP contribution is 2.29. The molecule has 2 rings (SSSR count). The molecule has 0 aromatic carbocycles. The Balaban J connectivity index is 2.08. The van der Waals surface area contributed by atoms with Crippen molar-refractivity contribution in [2.24, 2.45) is 17.6 Å². The first-order valence-electron chi connectivity index (χ1n) is 9.16. The van der Waals surface area contributed by atoms with E-state index in [2.05, 4.69) is 13.8 Å². The van der Waals surface area contributed by atoms with Gasteiger partial charge < -0.3 is 19.9 Å². The molecule has 1 saturated carbocycles. The summed E-state index contributed by atoms with van der Waals surface area (Å²) in [6.45, 7) is 7.18. The van der Waals surface area contributed by atoms with E-state index in [0.29, 0.717) is 12.5 Å². The molecular weight excluding hydrogens is 294 g/mol. The molecule has 23 heavy (non-hydrogen) atoms. The molecule has 0 bridgehead atoms. The van der Waals surface area contributed by atoms with E-state index < -0.39 is 6.04 Å². The van der Waals surface area contributed by atoms with Crippen LogP contribution in [0.3, 0.4) is 0 Å². The van der Waals surface area contributed by atoms with E-state index in [1.54, 1.807) is 0 Å². The second-order valence-electron chi connectivity index (χ2n) is 7.52. The van der Waals surface area contributed by atoms with Gasteiger partial charge in [0.1, 0.15) is 12.1 Å². The van der Waals surface area contributed by atoms with E-state index in [1.807, 2.05) is 6.92 Å². The van der Waals surface area contributed by atoms with Crippen LogP contribution in [0.1, 0.15) is 59.3 Å². The zero-order valence-corrected chi connectivity index (χ0v) is 14.8. The van der Waals surface area contributed by atoms with E-state index in [1.165, 1.54) is 12.8 Å². The largest absolute Gasteiger partial charge is 0.459 e. The molecule has 0 aromatic heterocycles. The van der Waals surface area contributed by atoms with Crippen LogP contribution >= 0.6 is 0 Å². The van der Waals surface area contributed by atoms with Crippen molar-refractivity contribution in [2.75, 3.05) is 13.2 Å². The molecule has 2 fully saturated rings. The summed E-state index contributed by atoms with van der Waals surface area (Å²) in [5.41, 5.74) is 5.82. The quantitative estimate of drug-likeness (QED) is 0.786. The highest BCUT2D eigenvalue weighted by atomic mass is 16.6. The maximum absolute atomic E-state index is 12.0. The van der Waals surface area contributed by atoms with Gasteiger partial charge in [0, 0.05) is 5.92 Å². The van der Waals surface area contributed by atoms with E-state index in [4.69, 9.17) is 19.9 Å². The van der Waals surface area contributed by atoms with Crippen molar-refractivity contribution in [1.29, 1.82) is 0 Å².